The first-order chi connectivity index (χ1) is 11.0. The molecule has 1 atom stereocenters. The van der Waals surface area contributed by atoms with Gasteiger partial charge in [-0.15, -0.1) is 0 Å². The molecule has 0 bridgehead atoms. The highest BCUT2D eigenvalue weighted by atomic mass is 16.6. The van der Waals surface area contributed by atoms with Gasteiger partial charge in [0.25, 0.3) is 0 Å². The zero-order chi connectivity index (χ0) is 16.0. The fraction of sp³-hybridized carbons (Fsp3) is 0.375. The summed E-state index contributed by atoms with van der Waals surface area (Å²) in [5, 5.41) is 14.2. The van der Waals surface area contributed by atoms with Crippen LogP contribution in [0.1, 0.15) is 38.4 Å². The van der Waals surface area contributed by atoms with Crippen LogP contribution in [-0.2, 0) is 4.79 Å². The van der Waals surface area contributed by atoms with Crippen molar-refractivity contribution in [3.63, 3.8) is 0 Å². The molecule has 1 aliphatic heterocycles. The quantitative estimate of drug-likeness (QED) is 0.836. The molecule has 4 rings (SSSR count). The van der Waals surface area contributed by atoms with Gasteiger partial charge in [-0.1, -0.05) is 19.9 Å². The predicted octanol–water partition coefficient (Wildman–Crippen LogP) is 2.69. The molecule has 1 unspecified atom stereocenters. The van der Waals surface area contributed by atoms with E-state index in [0.717, 1.165) is 17.8 Å². The van der Waals surface area contributed by atoms with Gasteiger partial charge in [0.05, 0.1) is 5.69 Å². The van der Waals surface area contributed by atoms with Crippen molar-refractivity contribution in [3.05, 3.63) is 41.4 Å². The van der Waals surface area contributed by atoms with E-state index in [0.29, 0.717) is 23.6 Å². The van der Waals surface area contributed by atoms with Crippen LogP contribution in [0, 0.1) is 5.41 Å². The summed E-state index contributed by atoms with van der Waals surface area (Å²) in [7, 11) is 0. The molecule has 23 heavy (non-hydrogen) atoms. The second-order valence-corrected chi connectivity index (χ2v) is 6.75. The molecule has 0 aromatic carbocycles. The van der Waals surface area contributed by atoms with Crippen molar-refractivity contribution in [1.29, 1.82) is 0 Å². The van der Waals surface area contributed by atoms with Crippen molar-refractivity contribution in [2.45, 2.75) is 32.7 Å². The first kappa shape index (κ1) is 13.9. The van der Waals surface area contributed by atoms with Crippen LogP contribution in [0.15, 0.2) is 40.3 Å². The van der Waals surface area contributed by atoms with E-state index in [1.807, 2.05) is 18.2 Å². The molecule has 2 N–H and O–H groups in total. The average Bonchev–Trinajstić information content (AvgIpc) is 2.86. The number of hydrogen-bond donors (Lipinski definition) is 2. The van der Waals surface area contributed by atoms with Gasteiger partial charge in [0, 0.05) is 23.9 Å². The minimum Gasteiger partial charge on any atom is -0.351 e. The maximum atomic E-state index is 12.8. The van der Waals surface area contributed by atoms with E-state index in [9.17, 15) is 4.79 Å². The molecule has 7 heteroatoms. The zero-order valence-electron chi connectivity index (χ0n) is 13.0. The number of nitrogens with zero attached hydrogens (tertiary/aromatic N) is 3. The number of pyridine rings is 1. The summed E-state index contributed by atoms with van der Waals surface area (Å²) in [5.41, 5.74) is 2.25. The van der Waals surface area contributed by atoms with E-state index >= 15 is 0 Å². The van der Waals surface area contributed by atoms with Crippen LogP contribution in [-0.4, -0.2) is 21.1 Å². The molecule has 0 spiro atoms. The molecular formula is C16H17N5O2. The molecule has 7 nitrogen and oxygen atoms in total. The normalized spacial score (nSPS) is 22.5. The Kier molecular flexibility index (Phi) is 2.97. The fourth-order valence-electron chi connectivity index (χ4n) is 3.27. The summed E-state index contributed by atoms with van der Waals surface area (Å²) < 4.78 is 4.81. The van der Waals surface area contributed by atoms with Crippen molar-refractivity contribution in [3.8, 4) is 0 Å². The first-order valence-electron chi connectivity index (χ1n) is 7.57. The molecule has 1 aliphatic carbocycles. The third-order valence-electron chi connectivity index (χ3n) is 4.23. The Hall–Kier alpha value is -2.70. The Morgan fingerprint density at radius 1 is 1.22 bits per heavy atom. The van der Waals surface area contributed by atoms with Gasteiger partial charge in [-0.2, -0.15) is 0 Å². The van der Waals surface area contributed by atoms with E-state index in [1.165, 1.54) is 0 Å². The van der Waals surface area contributed by atoms with Crippen LogP contribution in [0.4, 0.5) is 11.6 Å². The summed E-state index contributed by atoms with van der Waals surface area (Å²) in [4.78, 5) is 17.2. The number of ketones is 1. The summed E-state index contributed by atoms with van der Waals surface area (Å²) in [6, 6.07) is 5.29. The number of Topliss-reactive ketones (excluding diaryl/α,β-unsaturated/α-hetero) is 1. The highest BCUT2D eigenvalue weighted by molar-refractivity contribution is 6.00. The van der Waals surface area contributed by atoms with Crippen LogP contribution in [0.5, 0.6) is 0 Å². The second kappa shape index (κ2) is 4.91. The number of carbonyl (C=O) groups is 1. The Balaban J connectivity index is 1.88. The van der Waals surface area contributed by atoms with Gasteiger partial charge in [0.2, 0.25) is 11.6 Å². The lowest BCUT2D eigenvalue weighted by Crippen LogP contribution is -2.31. The lowest BCUT2D eigenvalue weighted by Gasteiger charge is -2.33. The highest BCUT2D eigenvalue weighted by Crippen LogP contribution is 2.44. The predicted molar refractivity (Wildman–Crippen MR) is 83.6 cm³/mol. The van der Waals surface area contributed by atoms with Crippen LogP contribution in [0.2, 0.25) is 0 Å². The van der Waals surface area contributed by atoms with Gasteiger partial charge in [0.1, 0.15) is 6.04 Å². The van der Waals surface area contributed by atoms with Crippen molar-refractivity contribution in [1.82, 2.24) is 15.3 Å². The minimum absolute atomic E-state index is 0.0980. The lowest BCUT2D eigenvalue weighted by atomic mass is 9.74. The fourth-order valence-corrected chi connectivity index (χ4v) is 3.27. The van der Waals surface area contributed by atoms with Gasteiger partial charge in [-0.25, -0.2) is 4.63 Å². The standard InChI is InChI=1S/C16H17N5O2/c1-16(2)7-10-12(11(22)8-16)13(9-5-3-4-6-17-9)19-15-14(18-10)20-23-21-15/h3-6,13H,7-8H2,1-2H3,(H,18,20)(H,19,21). The molecule has 0 radical (unpaired) electrons. The number of carbonyl (C=O) groups excluding carboxylic acids is 1. The number of hydrogen-bond acceptors (Lipinski definition) is 7. The molecule has 0 amide bonds. The molecule has 2 aromatic rings. The second-order valence-electron chi connectivity index (χ2n) is 6.75. The van der Waals surface area contributed by atoms with Crippen LogP contribution < -0.4 is 10.6 Å². The van der Waals surface area contributed by atoms with Crippen molar-refractivity contribution < 1.29 is 9.42 Å². The molecule has 0 saturated carbocycles. The van der Waals surface area contributed by atoms with Gasteiger partial charge in [0.15, 0.2) is 5.78 Å². The SMILES string of the molecule is CC1(C)CC(=O)C2=C(C1)Nc1nonc1NC2c1ccccn1. The molecule has 3 heterocycles. The van der Waals surface area contributed by atoms with Gasteiger partial charge in [-0.05, 0) is 34.3 Å². The first-order valence-corrected chi connectivity index (χ1v) is 7.57. The van der Waals surface area contributed by atoms with E-state index in [4.69, 9.17) is 4.63 Å². The summed E-state index contributed by atoms with van der Waals surface area (Å²) in [5.74, 6) is 1.11. The Bertz CT molecular complexity index is 794. The number of aromatic nitrogens is 3. The molecular weight excluding hydrogens is 294 g/mol. The largest absolute Gasteiger partial charge is 0.351 e. The van der Waals surface area contributed by atoms with Gasteiger partial charge < -0.3 is 10.6 Å². The Morgan fingerprint density at radius 3 is 2.83 bits per heavy atom. The third-order valence-corrected chi connectivity index (χ3v) is 4.23. The number of rotatable bonds is 1. The third kappa shape index (κ3) is 2.38. The molecule has 2 aliphatic rings. The summed E-state index contributed by atoms with van der Waals surface area (Å²) >= 11 is 0. The number of anilines is 2. The van der Waals surface area contributed by atoms with Crippen LogP contribution in [0.3, 0.4) is 0 Å². The maximum Gasteiger partial charge on any atom is 0.219 e. The van der Waals surface area contributed by atoms with E-state index < -0.39 is 0 Å². The van der Waals surface area contributed by atoms with Gasteiger partial charge >= 0.3 is 0 Å². The number of fused-ring (bicyclic) bond motifs is 1. The van der Waals surface area contributed by atoms with Crippen molar-refractivity contribution in [2.75, 3.05) is 10.6 Å². The topological polar surface area (TPSA) is 92.9 Å². The van der Waals surface area contributed by atoms with Crippen molar-refractivity contribution in [2.24, 2.45) is 5.41 Å². The molecule has 2 aromatic heterocycles. The number of nitrogens with one attached hydrogen (secondary N) is 2. The number of allylic oxidation sites excluding steroid dienone is 1. The summed E-state index contributed by atoms with van der Waals surface area (Å²) in [6.07, 6.45) is 2.98. The van der Waals surface area contributed by atoms with E-state index in [1.54, 1.807) is 6.20 Å². The molecule has 118 valence electrons. The Labute approximate surface area is 133 Å². The monoisotopic (exact) mass is 311 g/mol. The van der Waals surface area contributed by atoms with Gasteiger partial charge in [-0.3, -0.25) is 9.78 Å². The smallest absolute Gasteiger partial charge is 0.219 e. The van der Waals surface area contributed by atoms with E-state index in [2.05, 4.69) is 39.8 Å². The average molecular weight is 311 g/mol. The van der Waals surface area contributed by atoms with E-state index in [-0.39, 0.29) is 17.2 Å². The lowest BCUT2D eigenvalue weighted by molar-refractivity contribution is -0.118. The zero-order valence-corrected chi connectivity index (χ0v) is 13.0. The Morgan fingerprint density at radius 2 is 2.04 bits per heavy atom. The van der Waals surface area contributed by atoms with Crippen LogP contribution >= 0.6 is 0 Å². The molecule has 0 saturated heterocycles. The van der Waals surface area contributed by atoms with Crippen LogP contribution in [0.25, 0.3) is 0 Å². The highest BCUT2D eigenvalue weighted by Gasteiger charge is 2.40. The molecule has 0 fully saturated rings. The van der Waals surface area contributed by atoms with Crippen molar-refractivity contribution >= 4 is 17.4 Å². The maximum absolute atomic E-state index is 12.8. The minimum atomic E-state index is -0.365. The summed E-state index contributed by atoms with van der Waals surface area (Å²) in [6.45, 7) is 4.18.